The first-order valence-corrected chi connectivity index (χ1v) is 6.17. The van der Waals surface area contributed by atoms with Crippen LogP contribution in [0.2, 0.25) is 0 Å². The monoisotopic (exact) mass is 237 g/mol. The van der Waals surface area contributed by atoms with Crippen molar-refractivity contribution in [3.63, 3.8) is 0 Å². The number of hydrogen-bond donors (Lipinski definition) is 0. The van der Waals surface area contributed by atoms with Crippen molar-refractivity contribution in [3.05, 3.63) is 35.9 Å². The lowest BCUT2D eigenvalue weighted by Gasteiger charge is -2.30. The third-order valence-corrected chi connectivity index (χ3v) is 3.47. The van der Waals surface area contributed by atoms with E-state index in [1.165, 1.54) is 6.42 Å². The zero-order valence-corrected chi connectivity index (χ0v) is 9.99. The highest BCUT2D eigenvalue weighted by atomic mass is 35.5. The number of benzene rings is 1. The van der Waals surface area contributed by atoms with Crippen LogP contribution in [0, 0.1) is 0 Å². The Kier molecular flexibility index (Phi) is 3.97. The molecule has 1 aliphatic rings. The van der Waals surface area contributed by atoms with Crippen molar-refractivity contribution in [2.45, 2.75) is 24.8 Å². The van der Waals surface area contributed by atoms with Gasteiger partial charge in [0.05, 0.1) is 12.0 Å². The van der Waals surface area contributed by atoms with Gasteiger partial charge in [-0.3, -0.25) is 9.69 Å². The Morgan fingerprint density at radius 1 is 1.31 bits per heavy atom. The van der Waals surface area contributed by atoms with Crippen molar-refractivity contribution < 1.29 is 4.79 Å². The highest BCUT2D eigenvalue weighted by Gasteiger charge is 2.22. The minimum atomic E-state index is 0.0291. The SMILES string of the molecule is O=C(CN1CCCC[C@@H]1Cl)c1ccccc1. The van der Waals surface area contributed by atoms with Crippen LogP contribution in [0.1, 0.15) is 29.6 Å². The average Bonchev–Trinajstić information content (AvgIpc) is 2.33. The van der Waals surface area contributed by atoms with E-state index in [1.807, 2.05) is 30.3 Å². The normalized spacial score (nSPS) is 21.9. The maximum absolute atomic E-state index is 12.0. The zero-order valence-electron chi connectivity index (χ0n) is 9.23. The third kappa shape index (κ3) is 2.83. The molecule has 3 heteroatoms. The van der Waals surface area contributed by atoms with Gasteiger partial charge in [-0.05, 0) is 19.3 Å². The summed E-state index contributed by atoms with van der Waals surface area (Å²) < 4.78 is 0. The number of Topliss-reactive ketones (excluding diaryl/α,β-unsaturated/α-hetero) is 1. The summed E-state index contributed by atoms with van der Waals surface area (Å²) in [6.07, 6.45) is 3.30. The predicted octanol–water partition coefficient (Wildman–Crippen LogP) is 2.92. The molecule has 0 unspecified atom stereocenters. The number of alkyl halides is 1. The Balaban J connectivity index is 1.96. The van der Waals surface area contributed by atoms with E-state index < -0.39 is 0 Å². The molecule has 0 spiro atoms. The summed E-state index contributed by atoms with van der Waals surface area (Å²) in [5.41, 5.74) is 0.804. The van der Waals surface area contributed by atoms with Gasteiger partial charge in [0, 0.05) is 12.1 Å². The first-order chi connectivity index (χ1) is 7.77. The number of piperidine rings is 1. The molecule has 0 saturated carbocycles. The molecule has 1 atom stereocenters. The molecule has 0 bridgehead atoms. The van der Waals surface area contributed by atoms with E-state index in [2.05, 4.69) is 4.90 Å². The van der Waals surface area contributed by atoms with Gasteiger partial charge in [-0.2, -0.15) is 0 Å². The molecule has 1 aromatic rings. The fraction of sp³-hybridized carbons (Fsp3) is 0.462. The Labute approximate surface area is 101 Å². The Bertz CT molecular complexity index is 352. The van der Waals surface area contributed by atoms with Gasteiger partial charge in [0.15, 0.2) is 5.78 Å². The molecule has 86 valence electrons. The number of carbonyl (C=O) groups excluding carboxylic acids is 1. The van der Waals surface area contributed by atoms with Crippen molar-refractivity contribution in [3.8, 4) is 0 Å². The summed E-state index contributed by atoms with van der Waals surface area (Å²) in [5.74, 6) is 0.160. The second-order valence-electron chi connectivity index (χ2n) is 4.19. The van der Waals surface area contributed by atoms with Crippen LogP contribution in [0.5, 0.6) is 0 Å². The van der Waals surface area contributed by atoms with Gasteiger partial charge in [-0.15, -0.1) is 11.6 Å². The molecule has 1 aromatic carbocycles. The lowest BCUT2D eigenvalue weighted by molar-refractivity contribution is 0.0898. The number of likely N-dealkylation sites (tertiary alicyclic amines) is 1. The van der Waals surface area contributed by atoms with Crippen LogP contribution in [-0.4, -0.2) is 29.3 Å². The van der Waals surface area contributed by atoms with Gasteiger partial charge >= 0.3 is 0 Å². The molecule has 0 N–H and O–H groups in total. The summed E-state index contributed by atoms with van der Waals surface area (Å²) in [6.45, 7) is 1.38. The van der Waals surface area contributed by atoms with Crippen LogP contribution in [0.3, 0.4) is 0 Å². The second kappa shape index (κ2) is 5.46. The molecular formula is C13H16ClNO. The van der Waals surface area contributed by atoms with E-state index in [1.54, 1.807) is 0 Å². The Morgan fingerprint density at radius 2 is 2.06 bits per heavy atom. The maximum Gasteiger partial charge on any atom is 0.176 e. The summed E-state index contributed by atoms with van der Waals surface area (Å²) >= 11 is 6.19. The molecule has 1 heterocycles. The summed E-state index contributed by atoms with van der Waals surface area (Å²) in [6, 6.07) is 9.41. The Morgan fingerprint density at radius 3 is 2.75 bits per heavy atom. The smallest absolute Gasteiger partial charge is 0.176 e. The molecule has 0 radical (unpaired) electrons. The molecule has 1 aliphatic heterocycles. The van der Waals surface area contributed by atoms with E-state index in [0.717, 1.165) is 24.9 Å². The van der Waals surface area contributed by atoms with Crippen molar-refractivity contribution in [1.82, 2.24) is 4.90 Å². The minimum absolute atomic E-state index is 0.0291. The molecule has 1 fully saturated rings. The van der Waals surface area contributed by atoms with Crippen LogP contribution >= 0.6 is 11.6 Å². The summed E-state index contributed by atoms with van der Waals surface area (Å²) in [4.78, 5) is 14.0. The summed E-state index contributed by atoms with van der Waals surface area (Å²) in [5, 5.41) is 0. The van der Waals surface area contributed by atoms with Gasteiger partial charge in [-0.25, -0.2) is 0 Å². The van der Waals surface area contributed by atoms with Gasteiger partial charge in [0.25, 0.3) is 0 Å². The number of nitrogens with zero attached hydrogens (tertiary/aromatic N) is 1. The predicted molar refractivity (Wildman–Crippen MR) is 65.8 cm³/mol. The van der Waals surface area contributed by atoms with Crippen molar-refractivity contribution in [1.29, 1.82) is 0 Å². The first-order valence-electron chi connectivity index (χ1n) is 5.74. The lowest BCUT2D eigenvalue weighted by atomic mass is 10.1. The van der Waals surface area contributed by atoms with Crippen LogP contribution in [0.15, 0.2) is 30.3 Å². The van der Waals surface area contributed by atoms with Gasteiger partial charge in [0.2, 0.25) is 0 Å². The first kappa shape index (κ1) is 11.6. The zero-order chi connectivity index (χ0) is 11.4. The summed E-state index contributed by atoms with van der Waals surface area (Å²) in [7, 11) is 0. The molecule has 16 heavy (non-hydrogen) atoms. The minimum Gasteiger partial charge on any atom is -0.293 e. The quantitative estimate of drug-likeness (QED) is 0.458. The van der Waals surface area contributed by atoms with E-state index in [-0.39, 0.29) is 11.3 Å². The topological polar surface area (TPSA) is 20.3 Å². The standard InChI is InChI=1S/C13H16ClNO/c14-13-8-4-5-9-15(13)10-12(16)11-6-2-1-3-7-11/h1-3,6-7,13H,4-5,8-10H2/t13-/m1/s1. The highest BCUT2D eigenvalue weighted by Crippen LogP contribution is 2.20. The largest absolute Gasteiger partial charge is 0.293 e. The van der Waals surface area contributed by atoms with Crippen molar-refractivity contribution in [2.24, 2.45) is 0 Å². The van der Waals surface area contributed by atoms with E-state index >= 15 is 0 Å². The van der Waals surface area contributed by atoms with E-state index in [0.29, 0.717) is 6.54 Å². The fourth-order valence-electron chi connectivity index (χ4n) is 2.03. The van der Waals surface area contributed by atoms with Crippen LogP contribution < -0.4 is 0 Å². The lowest BCUT2D eigenvalue weighted by Crippen LogP contribution is -2.39. The fourth-order valence-corrected chi connectivity index (χ4v) is 2.35. The number of carbonyl (C=O) groups is 1. The van der Waals surface area contributed by atoms with Crippen LogP contribution in [-0.2, 0) is 0 Å². The number of halogens is 1. The third-order valence-electron chi connectivity index (χ3n) is 2.98. The van der Waals surface area contributed by atoms with E-state index in [4.69, 9.17) is 11.6 Å². The van der Waals surface area contributed by atoms with Crippen molar-refractivity contribution in [2.75, 3.05) is 13.1 Å². The molecule has 2 rings (SSSR count). The second-order valence-corrected chi connectivity index (χ2v) is 4.69. The average molecular weight is 238 g/mol. The molecule has 1 saturated heterocycles. The molecule has 0 aliphatic carbocycles. The number of ketones is 1. The highest BCUT2D eigenvalue weighted by molar-refractivity contribution is 6.20. The molecular weight excluding hydrogens is 222 g/mol. The van der Waals surface area contributed by atoms with Gasteiger partial charge < -0.3 is 0 Å². The van der Waals surface area contributed by atoms with Crippen molar-refractivity contribution >= 4 is 17.4 Å². The van der Waals surface area contributed by atoms with Crippen LogP contribution in [0.4, 0.5) is 0 Å². The molecule has 0 amide bonds. The number of hydrogen-bond acceptors (Lipinski definition) is 2. The van der Waals surface area contributed by atoms with Gasteiger partial charge in [0.1, 0.15) is 0 Å². The van der Waals surface area contributed by atoms with E-state index in [9.17, 15) is 4.79 Å². The molecule has 0 aromatic heterocycles. The molecule has 2 nitrogen and oxygen atoms in total. The van der Waals surface area contributed by atoms with Gasteiger partial charge in [-0.1, -0.05) is 30.3 Å². The number of rotatable bonds is 3. The van der Waals surface area contributed by atoms with Crippen LogP contribution in [0.25, 0.3) is 0 Å². The maximum atomic E-state index is 12.0. The Hall–Kier alpha value is -0.860.